The molecule has 0 aliphatic carbocycles. The summed E-state index contributed by atoms with van der Waals surface area (Å²) in [4.78, 5) is 35.4. The minimum Gasteiger partial charge on any atom is -0.427 e. The quantitative estimate of drug-likeness (QED) is 0.593. The van der Waals surface area contributed by atoms with Crippen molar-refractivity contribution in [2.24, 2.45) is 0 Å². The summed E-state index contributed by atoms with van der Waals surface area (Å²) in [7, 11) is -4.85. The van der Waals surface area contributed by atoms with E-state index in [1.807, 2.05) is 24.3 Å². The van der Waals surface area contributed by atoms with E-state index in [0.29, 0.717) is 11.5 Å². The van der Waals surface area contributed by atoms with Gasteiger partial charge in [-0.2, -0.15) is 0 Å². The Bertz CT molecular complexity index is 570. The summed E-state index contributed by atoms with van der Waals surface area (Å²) >= 11 is 0. The normalized spacial score (nSPS) is 11.8. The Labute approximate surface area is 137 Å². The molecule has 2 aromatic rings. The molecule has 0 saturated heterocycles. The van der Waals surface area contributed by atoms with Crippen molar-refractivity contribution in [3.05, 3.63) is 59.7 Å². The van der Waals surface area contributed by atoms with Crippen LogP contribution in [0.25, 0.3) is 0 Å². The summed E-state index contributed by atoms with van der Waals surface area (Å²) in [5, 5.41) is 0. The fourth-order valence-electron chi connectivity index (χ4n) is 2.22. The molecule has 0 aromatic heterocycles. The lowest BCUT2D eigenvalue weighted by atomic mass is 9.78. The first-order chi connectivity index (χ1) is 10.8. The van der Waals surface area contributed by atoms with Crippen LogP contribution in [0, 0.1) is 0 Å². The lowest BCUT2D eigenvalue weighted by Gasteiger charge is -2.26. The summed E-state index contributed by atoms with van der Waals surface area (Å²) in [5.74, 6) is 0.785. The molecular formula is C15H18O6P2. The van der Waals surface area contributed by atoms with E-state index in [2.05, 4.69) is 13.8 Å². The number of hydrogen-bond donors (Lipinski definition) is 4. The zero-order chi connectivity index (χ0) is 17.0. The molecule has 0 atom stereocenters. The van der Waals surface area contributed by atoms with Crippen molar-refractivity contribution in [3.8, 4) is 11.5 Å². The van der Waals surface area contributed by atoms with E-state index in [9.17, 15) is 0 Å². The first-order valence-corrected chi connectivity index (χ1v) is 9.05. The smallest absolute Gasteiger partial charge is 0.391 e. The van der Waals surface area contributed by atoms with E-state index in [-0.39, 0.29) is 5.41 Å². The molecule has 0 spiro atoms. The standard InChI is InChI=1S/C15H18O6P2/c1-15(2,11-3-7-13(8-4-11)20-22(16)17)12-5-9-14(10-6-12)21-23(18)19/h3-10,16-19H,1-2H3. The van der Waals surface area contributed by atoms with E-state index in [1.165, 1.54) is 0 Å². The number of hydrogen-bond acceptors (Lipinski definition) is 6. The Kier molecular flexibility index (Phi) is 5.93. The van der Waals surface area contributed by atoms with Crippen LogP contribution in [0.1, 0.15) is 25.0 Å². The van der Waals surface area contributed by atoms with Crippen molar-refractivity contribution < 1.29 is 28.6 Å². The molecular weight excluding hydrogens is 338 g/mol. The molecule has 8 heteroatoms. The maximum absolute atomic E-state index is 8.85. The van der Waals surface area contributed by atoms with Gasteiger partial charge in [-0.3, -0.25) is 0 Å². The molecule has 0 heterocycles. The molecule has 0 unspecified atom stereocenters. The van der Waals surface area contributed by atoms with E-state index in [4.69, 9.17) is 28.6 Å². The van der Waals surface area contributed by atoms with Gasteiger partial charge in [0.1, 0.15) is 11.5 Å². The van der Waals surface area contributed by atoms with Crippen molar-refractivity contribution in [3.63, 3.8) is 0 Å². The molecule has 0 saturated carbocycles. The van der Waals surface area contributed by atoms with Crippen molar-refractivity contribution in [1.82, 2.24) is 0 Å². The molecule has 124 valence electrons. The summed E-state index contributed by atoms with van der Waals surface area (Å²) in [6.45, 7) is 4.10. The Hall–Kier alpha value is -1.26. The number of benzene rings is 2. The monoisotopic (exact) mass is 356 g/mol. The Morgan fingerprint density at radius 3 is 1.22 bits per heavy atom. The minimum absolute atomic E-state index is 0.302. The van der Waals surface area contributed by atoms with Crippen LogP contribution in [0.2, 0.25) is 0 Å². The van der Waals surface area contributed by atoms with Gasteiger partial charge in [0, 0.05) is 5.41 Å². The Morgan fingerprint density at radius 2 is 0.957 bits per heavy atom. The fourth-order valence-corrected chi connectivity index (χ4v) is 2.84. The van der Waals surface area contributed by atoms with Crippen LogP contribution in [0.5, 0.6) is 11.5 Å². The molecule has 0 fully saturated rings. The van der Waals surface area contributed by atoms with Crippen LogP contribution in [0.4, 0.5) is 0 Å². The van der Waals surface area contributed by atoms with E-state index in [0.717, 1.165) is 11.1 Å². The van der Waals surface area contributed by atoms with Gasteiger partial charge in [-0.25, -0.2) is 0 Å². The summed E-state index contributed by atoms with van der Waals surface area (Å²) in [6.07, 6.45) is 0. The topological polar surface area (TPSA) is 99.4 Å². The maximum atomic E-state index is 8.85. The van der Waals surface area contributed by atoms with Crippen LogP contribution < -0.4 is 9.05 Å². The Balaban J connectivity index is 2.19. The van der Waals surface area contributed by atoms with E-state index in [1.54, 1.807) is 24.3 Å². The predicted octanol–water partition coefficient (Wildman–Crippen LogP) is 3.19. The van der Waals surface area contributed by atoms with Crippen LogP contribution in [-0.2, 0) is 5.41 Å². The van der Waals surface area contributed by atoms with Crippen molar-refractivity contribution in [2.75, 3.05) is 0 Å². The maximum Gasteiger partial charge on any atom is 0.391 e. The zero-order valence-electron chi connectivity index (χ0n) is 12.6. The molecule has 0 radical (unpaired) electrons. The van der Waals surface area contributed by atoms with Crippen molar-refractivity contribution >= 4 is 17.2 Å². The van der Waals surface area contributed by atoms with Gasteiger partial charge in [-0.15, -0.1) is 0 Å². The van der Waals surface area contributed by atoms with Gasteiger partial charge in [0.2, 0.25) is 0 Å². The van der Waals surface area contributed by atoms with Gasteiger partial charge in [-0.1, -0.05) is 38.1 Å². The fraction of sp³-hybridized carbons (Fsp3) is 0.200. The molecule has 2 rings (SSSR count). The average Bonchev–Trinajstić information content (AvgIpc) is 2.47. The molecule has 0 aliphatic rings. The minimum atomic E-state index is -2.42. The van der Waals surface area contributed by atoms with Gasteiger partial charge in [0.05, 0.1) is 0 Å². The van der Waals surface area contributed by atoms with Crippen molar-refractivity contribution in [2.45, 2.75) is 19.3 Å². The van der Waals surface area contributed by atoms with Crippen LogP contribution in [-0.4, -0.2) is 19.6 Å². The Morgan fingerprint density at radius 1 is 0.652 bits per heavy atom. The molecule has 4 N–H and O–H groups in total. The third-order valence-corrected chi connectivity index (χ3v) is 4.27. The van der Waals surface area contributed by atoms with Crippen molar-refractivity contribution in [1.29, 1.82) is 0 Å². The van der Waals surface area contributed by atoms with Crippen LogP contribution in [0.3, 0.4) is 0 Å². The summed E-state index contributed by atoms with van der Waals surface area (Å²) < 4.78 is 9.71. The second kappa shape index (κ2) is 7.54. The second-order valence-corrected chi connectivity index (χ2v) is 6.74. The highest BCUT2D eigenvalue weighted by Crippen LogP contribution is 2.36. The van der Waals surface area contributed by atoms with Crippen LogP contribution in [0.15, 0.2) is 48.5 Å². The lowest BCUT2D eigenvalue weighted by Crippen LogP contribution is -2.18. The van der Waals surface area contributed by atoms with Gasteiger partial charge >= 0.3 is 17.2 Å². The second-order valence-electron chi connectivity index (χ2n) is 5.36. The third-order valence-electron chi connectivity index (χ3n) is 3.53. The molecule has 6 nitrogen and oxygen atoms in total. The molecule has 0 amide bonds. The highest BCUT2D eigenvalue weighted by molar-refractivity contribution is 7.40. The van der Waals surface area contributed by atoms with Gasteiger partial charge in [0.15, 0.2) is 0 Å². The largest absolute Gasteiger partial charge is 0.427 e. The molecule has 2 aromatic carbocycles. The molecule has 0 aliphatic heterocycles. The zero-order valence-corrected chi connectivity index (χ0v) is 14.4. The summed E-state index contributed by atoms with van der Waals surface area (Å²) in [6, 6.07) is 14.2. The van der Waals surface area contributed by atoms with Gasteiger partial charge in [0.25, 0.3) is 0 Å². The van der Waals surface area contributed by atoms with Crippen LogP contribution >= 0.6 is 17.2 Å². The van der Waals surface area contributed by atoms with Gasteiger partial charge < -0.3 is 28.6 Å². The first-order valence-electron chi connectivity index (χ1n) is 6.72. The molecule has 0 bridgehead atoms. The first kappa shape index (κ1) is 18.1. The van der Waals surface area contributed by atoms with Gasteiger partial charge in [-0.05, 0) is 35.4 Å². The molecule has 23 heavy (non-hydrogen) atoms. The van der Waals surface area contributed by atoms with E-state index >= 15 is 0 Å². The summed E-state index contributed by atoms with van der Waals surface area (Å²) in [5.41, 5.74) is 1.74. The predicted molar refractivity (Wildman–Crippen MR) is 89.0 cm³/mol. The third kappa shape index (κ3) is 4.85. The highest BCUT2D eigenvalue weighted by Gasteiger charge is 2.23. The van der Waals surface area contributed by atoms with E-state index < -0.39 is 17.2 Å². The SMILES string of the molecule is CC(C)(c1ccc(OP(O)O)cc1)c1ccc(OP(O)O)cc1. The average molecular weight is 356 g/mol. The highest BCUT2D eigenvalue weighted by atomic mass is 31.2. The number of rotatable bonds is 6. The lowest BCUT2D eigenvalue weighted by molar-refractivity contribution is 0.373.